The zero-order chi connectivity index (χ0) is 25.5. The highest BCUT2D eigenvalue weighted by molar-refractivity contribution is 6.07. The third kappa shape index (κ3) is 6.48. The Labute approximate surface area is 210 Å². The molecule has 1 aromatic carbocycles. The van der Waals surface area contributed by atoms with E-state index in [1.54, 1.807) is 6.20 Å². The third-order valence-corrected chi connectivity index (χ3v) is 6.75. The molecule has 1 fully saturated rings. The second-order valence-corrected chi connectivity index (χ2v) is 9.52. The number of carbonyl (C=O) groups is 2. The summed E-state index contributed by atoms with van der Waals surface area (Å²) in [5, 5.41) is 27.5. The van der Waals surface area contributed by atoms with Crippen molar-refractivity contribution < 1.29 is 19.8 Å². The fourth-order valence-corrected chi connectivity index (χ4v) is 4.64. The Morgan fingerprint density at radius 1 is 1.03 bits per heavy atom. The lowest BCUT2D eigenvalue weighted by molar-refractivity contribution is 0.0942. The van der Waals surface area contributed by atoms with Gasteiger partial charge in [0.15, 0.2) is 0 Å². The summed E-state index contributed by atoms with van der Waals surface area (Å²) in [6.07, 6.45) is 4.58. The first-order valence-electron chi connectivity index (χ1n) is 12.4. The summed E-state index contributed by atoms with van der Waals surface area (Å²) in [6.45, 7) is 2.96. The van der Waals surface area contributed by atoms with E-state index in [2.05, 4.69) is 20.9 Å². The summed E-state index contributed by atoms with van der Waals surface area (Å²) in [4.78, 5) is 33.2. The summed E-state index contributed by atoms with van der Waals surface area (Å²) in [5.41, 5.74) is 2.78. The van der Waals surface area contributed by atoms with Crippen LogP contribution in [0.3, 0.4) is 0 Å². The predicted molar refractivity (Wildman–Crippen MR) is 139 cm³/mol. The first kappa shape index (κ1) is 25.4. The minimum atomic E-state index is -0.979. The van der Waals surface area contributed by atoms with Crippen LogP contribution in [0.25, 0.3) is 22.2 Å². The molecule has 1 aliphatic carbocycles. The van der Waals surface area contributed by atoms with Crippen molar-refractivity contribution in [3.63, 3.8) is 0 Å². The van der Waals surface area contributed by atoms with Crippen LogP contribution in [0.15, 0.2) is 48.7 Å². The Bertz CT molecular complexity index is 1190. The van der Waals surface area contributed by atoms with Gasteiger partial charge in [-0.2, -0.15) is 0 Å². The molecule has 0 saturated heterocycles. The number of rotatable bonds is 9. The molecule has 36 heavy (non-hydrogen) atoms. The third-order valence-electron chi connectivity index (χ3n) is 6.75. The van der Waals surface area contributed by atoms with Crippen molar-refractivity contribution in [2.75, 3.05) is 25.0 Å². The number of carbonyl (C=O) groups excluding carboxylic acids is 1. The Morgan fingerprint density at radius 3 is 2.36 bits per heavy atom. The summed E-state index contributed by atoms with van der Waals surface area (Å²) in [5.74, 6) is 1.27. The summed E-state index contributed by atoms with van der Waals surface area (Å²) >= 11 is 0. The van der Waals surface area contributed by atoms with Gasteiger partial charge in [-0.15, -0.1) is 0 Å². The number of benzene rings is 1. The van der Waals surface area contributed by atoms with Gasteiger partial charge < -0.3 is 26.2 Å². The van der Waals surface area contributed by atoms with Gasteiger partial charge in [-0.05, 0) is 68.7 Å². The van der Waals surface area contributed by atoms with Crippen molar-refractivity contribution in [3.05, 3.63) is 54.2 Å². The molecule has 0 aliphatic heterocycles. The lowest BCUT2D eigenvalue weighted by Crippen LogP contribution is -2.34. The number of aliphatic hydroxyl groups excluding tert-OH is 1. The van der Waals surface area contributed by atoms with E-state index in [-0.39, 0.29) is 18.6 Å². The number of aliphatic hydroxyl groups is 1. The van der Waals surface area contributed by atoms with E-state index in [4.69, 9.17) is 10.1 Å². The Hall–Kier alpha value is -3.72. The fraction of sp³-hybridized carbons (Fsp3) is 0.407. The number of amides is 2. The van der Waals surface area contributed by atoms with Gasteiger partial charge in [0.05, 0.1) is 23.4 Å². The lowest BCUT2D eigenvalue weighted by Gasteiger charge is -2.28. The van der Waals surface area contributed by atoms with Gasteiger partial charge in [0.25, 0.3) is 5.91 Å². The molecule has 9 heteroatoms. The Balaban J connectivity index is 1.45. The SMILES string of the molecule is C[C@H](CO)Nc1ccc(-c2cc(C(=O)NC[C@H]3CC[C@H](CNC(=O)O)CC3)c3ccccc3n2)cn1. The van der Waals surface area contributed by atoms with Gasteiger partial charge in [0.1, 0.15) is 5.82 Å². The van der Waals surface area contributed by atoms with Gasteiger partial charge in [0, 0.05) is 36.3 Å². The highest BCUT2D eigenvalue weighted by atomic mass is 16.4. The van der Waals surface area contributed by atoms with Crippen LogP contribution >= 0.6 is 0 Å². The van der Waals surface area contributed by atoms with E-state index in [1.807, 2.05) is 49.4 Å². The molecular formula is C27H33N5O4. The van der Waals surface area contributed by atoms with Crippen LogP contribution < -0.4 is 16.0 Å². The van der Waals surface area contributed by atoms with Crippen molar-refractivity contribution in [3.8, 4) is 11.3 Å². The normalized spacial score (nSPS) is 18.4. The molecule has 0 spiro atoms. The average molecular weight is 492 g/mol. The quantitative estimate of drug-likeness (QED) is 0.306. The first-order chi connectivity index (χ1) is 17.4. The van der Waals surface area contributed by atoms with Crippen molar-refractivity contribution in [2.24, 2.45) is 11.8 Å². The van der Waals surface area contributed by atoms with Crippen molar-refractivity contribution in [1.29, 1.82) is 0 Å². The maximum Gasteiger partial charge on any atom is 0.404 e. The van der Waals surface area contributed by atoms with Gasteiger partial charge in [-0.25, -0.2) is 14.8 Å². The zero-order valence-electron chi connectivity index (χ0n) is 20.4. The molecule has 0 radical (unpaired) electrons. The number of pyridine rings is 2. The number of aromatic nitrogens is 2. The molecule has 2 heterocycles. The second kappa shape index (κ2) is 11.8. The number of nitrogens with one attached hydrogen (secondary N) is 3. The maximum atomic E-state index is 13.3. The standard InChI is InChI=1S/C27H33N5O4/c1-17(16-33)31-25-11-10-20(15-28-25)24-12-22(21-4-2-3-5-23(21)32-24)26(34)29-13-18-6-8-19(9-7-18)14-30-27(35)36/h2-5,10-12,15,17-19,30,33H,6-9,13-14,16H2,1H3,(H,28,31)(H,29,34)(H,35,36)/t17-,18-,19-/m1/s1. The topological polar surface area (TPSA) is 136 Å². The van der Waals surface area contributed by atoms with Gasteiger partial charge in [-0.1, -0.05) is 18.2 Å². The molecule has 2 amide bonds. The molecular weight excluding hydrogens is 458 g/mol. The van der Waals surface area contributed by atoms with Crippen LogP contribution in [0, 0.1) is 11.8 Å². The first-order valence-corrected chi connectivity index (χ1v) is 12.4. The number of anilines is 1. The summed E-state index contributed by atoms with van der Waals surface area (Å²) in [6, 6.07) is 13.0. The van der Waals surface area contributed by atoms with E-state index in [0.29, 0.717) is 42.0 Å². The van der Waals surface area contributed by atoms with E-state index < -0.39 is 6.09 Å². The van der Waals surface area contributed by atoms with Crippen LogP contribution in [0.1, 0.15) is 43.0 Å². The van der Waals surface area contributed by atoms with Crippen LogP contribution in [-0.2, 0) is 0 Å². The number of para-hydroxylation sites is 1. The van der Waals surface area contributed by atoms with Crippen LogP contribution in [0.5, 0.6) is 0 Å². The Kier molecular flexibility index (Phi) is 8.32. The van der Waals surface area contributed by atoms with E-state index in [9.17, 15) is 14.7 Å². The molecule has 0 unspecified atom stereocenters. The summed E-state index contributed by atoms with van der Waals surface area (Å²) < 4.78 is 0. The van der Waals surface area contributed by atoms with E-state index >= 15 is 0 Å². The molecule has 3 aromatic rings. The molecule has 5 N–H and O–H groups in total. The number of hydrogen-bond donors (Lipinski definition) is 5. The van der Waals surface area contributed by atoms with Gasteiger partial charge in [0.2, 0.25) is 0 Å². The van der Waals surface area contributed by atoms with Gasteiger partial charge >= 0.3 is 6.09 Å². The Morgan fingerprint density at radius 2 is 1.72 bits per heavy atom. The van der Waals surface area contributed by atoms with Crippen LogP contribution in [-0.4, -0.2) is 57.9 Å². The monoisotopic (exact) mass is 491 g/mol. The highest BCUT2D eigenvalue weighted by Crippen LogP contribution is 2.29. The van der Waals surface area contributed by atoms with E-state index in [1.165, 1.54) is 0 Å². The van der Waals surface area contributed by atoms with Crippen LogP contribution in [0.2, 0.25) is 0 Å². The number of nitrogens with zero attached hydrogens (tertiary/aromatic N) is 2. The second-order valence-electron chi connectivity index (χ2n) is 9.52. The molecule has 1 atom stereocenters. The van der Waals surface area contributed by atoms with Gasteiger partial charge in [-0.3, -0.25) is 4.79 Å². The average Bonchev–Trinajstić information content (AvgIpc) is 2.90. The summed E-state index contributed by atoms with van der Waals surface area (Å²) in [7, 11) is 0. The minimum absolute atomic E-state index is 0.0114. The molecule has 1 saturated carbocycles. The maximum absolute atomic E-state index is 13.3. The lowest BCUT2D eigenvalue weighted by atomic mass is 9.82. The molecule has 190 valence electrons. The van der Waals surface area contributed by atoms with Crippen molar-refractivity contribution in [1.82, 2.24) is 20.6 Å². The van der Waals surface area contributed by atoms with Crippen molar-refractivity contribution in [2.45, 2.75) is 38.6 Å². The largest absolute Gasteiger partial charge is 0.465 e. The number of carboxylic acid groups (broad SMARTS) is 1. The predicted octanol–water partition coefficient (Wildman–Crippen LogP) is 3.89. The number of fused-ring (bicyclic) bond motifs is 1. The molecule has 1 aliphatic rings. The molecule has 9 nitrogen and oxygen atoms in total. The zero-order valence-corrected chi connectivity index (χ0v) is 20.4. The van der Waals surface area contributed by atoms with Crippen LogP contribution in [0.4, 0.5) is 10.6 Å². The molecule has 0 bridgehead atoms. The number of hydrogen-bond acceptors (Lipinski definition) is 6. The van der Waals surface area contributed by atoms with Crippen molar-refractivity contribution >= 4 is 28.7 Å². The highest BCUT2D eigenvalue weighted by Gasteiger charge is 2.23. The molecule has 2 aromatic heterocycles. The minimum Gasteiger partial charge on any atom is -0.465 e. The van der Waals surface area contributed by atoms with E-state index in [0.717, 1.165) is 42.1 Å². The fourth-order valence-electron chi connectivity index (χ4n) is 4.64. The molecule has 4 rings (SSSR count). The smallest absolute Gasteiger partial charge is 0.404 e.